The third-order valence-corrected chi connectivity index (χ3v) is 2.29. The zero-order chi connectivity index (χ0) is 11.4. The monoisotopic (exact) mass is 234 g/mol. The van der Waals surface area contributed by atoms with Crippen LogP contribution in [-0.2, 0) is 7.05 Å². The third-order valence-electron chi connectivity index (χ3n) is 2.06. The van der Waals surface area contributed by atoms with Gasteiger partial charge in [-0.05, 0) is 18.2 Å². The number of hydrogen-bond acceptors (Lipinski definition) is 3. The highest BCUT2D eigenvalue weighted by atomic mass is 35.5. The molecular weight excluding hydrogens is 224 g/mol. The number of anilines is 1. The van der Waals surface area contributed by atoms with Gasteiger partial charge in [0.25, 0.3) is 0 Å². The van der Waals surface area contributed by atoms with Crippen LogP contribution >= 0.6 is 11.6 Å². The van der Waals surface area contributed by atoms with Crippen molar-refractivity contribution in [1.82, 2.24) is 9.55 Å². The van der Waals surface area contributed by atoms with E-state index in [0.29, 0.717) is 5.02 Å². The van der Waals surface area contributed by atoms with Crippen molar-refractivity contribution >= 4 is 23.5 Å². The summed E-state index contributed by atoms with van der Waals surface area (Å²) in [6, 6.07) is 7.37. The minimum absolute atomic E-state index is 0.678. The first kappa shape index (κ1) is 10.7. The maximum Gasteiger partial charge on any atom is 0.152 e. The van der Waals surface area contributed by atoms with Gasteiger partial charge < -0.3 is 4.57 Å². The molecule has 1 aromatic heterocycles. The molecule has 0 saturated carbocycles. The Hall–Kier alpha value is -1.81. The summed E-state index contributed by atoms with van der Waals surface area (Å²) in [5.74, 6) is 0.787. The lowest BCUT2D eigenvalue weighted by Gasteiger charge is -1.99. The number of nitrogens with zero attached hydrogens (tertiary/aromatic N) is 3. The topological polar surface area (TPSA) is 42.2 Å². The summed E-state index contributed by atoms with van der Waals surface area (Å²) in [6.07, 6.45) is 5.24. The first-order valence-corrected chi connectivity index (χ1v) is 5.15. The molecule has 0 bridgehead atoms. The summed E-state index contributed by atoms with van der Waals surface area (Å²) in [6.45, 7) is 0. The van der Waals surface area contributed by atoms with E-state index in [1.807, 2.05) is 36.0 Å². The molecular formula is C11H11ClN4. The van der Waals surface area contributed by atoms with Crippen LogP contribution in [0.2, 0.25) is 5.02 Å². The molecule has 5 heteroatoms. The number of halogens is 1. The molecule has 0 amide bonds. The van der Waals surface area contributed by atoms with Crippen LogP contribution in [-0.4, -0.2) is 15.8 Å². The molecule has 2 aromatic rings. The van der Waals surface area contributed by atoms with E-state index in [9.17, 15) is 0 Å². The molecule has 0 atom stereocenters. The number of hydrogen-bond donors (Lipinski definition) is 1. The van der Waals surface area contributed by atoms with Crippen molar-refractivity contribution in [3.05, 3.63) is 47.5 Å². The van der Waals surface area contributed by atoms with Gasteiger partial charge >= 0.3 is 0 Å². The minimum atomic E-state index is 0.678. The Kier molecular flexibility index (Phi) is 3.22. The van der Waals surface area contributed by atoms with E-state index in [0.717, 1.165) is 11.5 Å². The molecule has 0 saturated heterocycles. The van der Waals surface area contributed by atoms with Crippen LogP contribution in [0.5, 0.6) is 0 Å². The maximum absolute atomic E-state index is 5.84. The molecule has 1 N–H and O–H groups in total. The van der Waals surface area contributed by atoms with E-state index in [4.69, 9.17) is 11.6 Å². The zero-order valence-electron chi connectivity index (χ0n) is 8.76. The average Bonchev–Trinajstić information content (AvgIpc) is 2.65. The molecule has 0 unspecified atom stereocenters. The van der Waals surface area contributed by atoms with Crippen LogP contribution in [0, 0.1) is 0 Å². The second kappa shape index (κ2) is 4.81. The highest BCUT2D eigenvalue weighted by Crippen LogP contribution is 2.14. The second-order valence-electron chi connectivity index (χ2n) is 3.28. The predicted octanol–water partition coefficient (Wildman–Crippen LogP) is 2.52. The fourth-order valence-electron chi connectivity index (χ4n) is 1.22. The lowest BCUT2D eigenvalue weighted by atomic mass is 10.3. The minimum Gasteiger partial charge on any atom is -0.333 e. The number of nitrogens with one attached hydrogen (secondary N) is 1. The Morgan fingerprint density at radius 3 is 3.06 bits per heavy atom. The zero-order valence-corrected chi connectivity index (χ0v) is 9.52. The number of benzene rings is 1. The number of aromatic nitrogens is 2. The van der Waals surface area contributed by atoms with Gasteiger partial charge in [-0.15, -0.1) is 0 Å². The molecule has 0 aliphatic rings. The molecule has 16 heavy (non-hydrogen) atoms. The van der Waals surface area contributed by atoms with Crippen LogP contribution in [0.25, 0.3) is 0 Å². The Morgan fingerprint density at radius 2 is 2.38 bits per heavy atom. The molecule has 0 aliphatic heterocycles. The summed E-state index contributed by atoms with van der Waals surface area (Å²) in [5.41, 5.74) is 3.73. The molecule has 0 spiro atoms. The van der Waals surface area contributed by atoms with E-state index >= 15 is 0 Å². The van der Waals surface area contributed by atoms with Gasteiger partial charge in [0.2, 0.25) is 0 Å². The Balaban J connectivity index is 2.02. The van der Waals surface area contributed by atoms with Crippen molar-refractivity contribution in [3.8, 4) is 0 Å². The molecule has 0 aliphatic carbocycles. The maximum atomic E-state index is 5.84. The van der Waals surface area contributed by atoms with Gasteiger partial charge in [-0.25, -0.2) is 4.98 Å². The summed E-state index contributed by atoms with van der Waals surface area (Å²) < 4.78 is 1.88. The molecule has 1 aromatic carbocycles. The third kappa shape index (κ3) is 2.61. The summed E-state index contributed by atoms with van der Waals surface area (Å²) in [7, 11) is 1.91. The first-order valence-electron chi connectivity index (χ1n) is 4.77. The van der Waals surface area contributed by atoms with Crippen molar-refractivity contribution < 1.29 is 0 Å². The first-order chi connectivity index (χ1) is 7.75. The molecule has 1 heterocycles. The Labute approximate surface area is 98.6 Å². The van der Waals surface area contributed by atoms with Crippen molar-refractivity contribution in [3.63, 3.8) is 0 Å². The normalized spacial score (nSPS) is 10.9. The highest BCUT2D eigenvalue weighted by Gasteiger charge is 1.93. The smallest absolute Gasteiger partial charge is 0.152 e. The molecule has 0 fully saturated rings. The van der Waals surface area contributed by atoms with Crippen LogP contribution in [0.15, 0.2) is 41.8 Å². The van der Waals surface area contributed by atoms with Gasteiger partial charge in [0, 0.05) is 24.5 Å². The standard InChI is InChI=1S/C11H11ClN4/c1-16-6-5-13-11(16)8-14-15-10-4-2-3-9(12)7-10/h2-8,15H,1H3/b14-8+. The second-order valence-corrected chi connectivity index (χ2v) is 3.71. The van der Waals surface area contributed by atoms with Gasteiger partial charge in [-0.2, -0.15) is 5.10 Å². The molecule has 2 rings (SSSR count). The number of aryl methyl sites for hydroxylation is 1. The SMILES string of the molecule is Cn1ccnc1/C=N/Nc1cccc(Cl)c1. The van der Waals surface area contributed by atoms with Crippen molar-refractivity contribution in [2.75, 3.05) is 5.43 Å². The predicted molar refractivity (Wildman–Crippen MR) is 65.9 cm³/mol. The summed E-state index contributed by atoms with van der Waals surface area (Å²) >= 11 is 5.84. The molecule has 4 nitrogen and oxygen atoms in total. The van der Waals surface area contributed by atoms with Crippen molar-refractivity contribution in [1.29, 1.82) is 0 Å². The van der Waals surface area contributed by atoms with E-state index in [-0.39, 0.29) is 0 Å². The van der Waals surface area contributed by atoms with Gasteiger partial charge in [0.05, 0.1) is 11.9 Å². The lowest BCUT2D eigenvalue weighted by Crippen LogP contribution is -1.97. The Morgan fingerprint density at radius 1 is 1.50 bits per heavy atom. The van der Waals surface area contributed by atoms with Gasteiger partial charge in [-0.1, -0.05) is 17.7 Å². The van der Waals surface area contributed by atoms with Crippen LogP contribution in [0.1, 0.15) is 5.82 Å². The highest BCUT2D eigenvalue weighted by molar-refractivity contribution is 6.30. The van der Waals surface area contributed by atoms with Gasteiger partial charge in [0.15, 0.2) is 5.82 Å². The molecule has 0 radical (unpaired) electrons. The summed E-state index contributed by atoms with van der Waals surface area (Å²) in [4.78, 5) is 4.11. The van der Waals surface area contributed by atoms with Crippen molar-refractivity contribution in [2.24, 2.45) is 12.1 Å². The van der Waals surface area contributed by atoms with E-state index in [2.05, 4.69) is 15.5 Å². The van der Waals surface area contributed by atoms with Crippen LogP contribution in [0.3, 0.4) is 0 Å². The summed E-state index contributed by atoms with van der Waals surface area (Å²) in [5, 5.41) is 4.75. The number of hydrazone groups is 1. The largest absolute Gasteiger partial charge is 0.333 e. The van der Waals surface area contributed by atoms with E-state index < -0.39 is 0 Å². The average molecular weight is 235 g/mol. The fourth-order valence-corrected chi connectivity index (χ4v) is 1.41. The number of rotatable bonds is 3. The quantitative estimate of drug-likeness (QED) is 0.655. The Bertz CT molecular complexity index is 504. The molecule has 82 valence electrons. The van der Waals surface area contributed by atoms with E-state index in [1.54, 1.807) is 18.5 Å². The van der Waals surface area contributed by atoms with Gasteiger partial charge in [-0.3, -0.25) is 5.43 Å². The fraction of sp³-hybridized carbons (Fsp3) is 0.0909. The van der Waals surface area contributed by atoms with Crippen LogP contribution < -0.4 is 5.43 Å². The van der Waals surface area contributed by atoms with Crippen molar-refractivity contribution in [2.45, 2.75) is 0 Å². The van der Waals surface area contributed by atoms with Gasteiger partial charge in [0.1, 0.15) is 0 Å². The number of imidazole rings is 1. The lowest BCUT2D eigenvalue weighted by molar-refractivity contribution is 0.901. The van der Waals surface area contributed by atoms with E-state index in [1.165, 1.54) is 0 Å². The van der Waals surface area contributed by atoms with Crippen LogP contribution in [0.4, 0.5) is 5.69 Å².